The molecule has 1 fully saturated rings. The molecule has 1 amide bonds. The third-order valence-electron chi connectivity index (χ3n) is 3.33. The highest BCUT2D eigenvalue weighted by molar-refractivity contribution is 14.1. The van der Waals surface area contributed by atoms with Crippen molar-refractivity contribution in [3.8, 4) is 5.82 Å². The maximum Gasteiger partial charge on any atom is 0.270 e. The minimum Gasteiger partial charge on any atom is -0.459 e. The van der Waals surface area contributed by atoms with Gasteiger partial charge in [0.2, 0.25) is 5.82 Å². The number of nitrogens with zero attached hydrogens (tertiary/aromatic N) is 4. The van der Waals surface area contributed by atoms with E-state index >= 15 is 0 Å². The second-order valence-corrected chi connectivity index (χ2v) is 6.03. The van der Waals surface area contributed by atoms with Crippen LogP contribution in [0.1, 0.15) is 23.3 Å². The minimum atomic E-state index is -0.222. The third-order valence-corrected chi connectivity index (χ3v) is 3.81. The molecule has 8 nitrogen and oxygen atoms in total. The summed E-state index contributed by atoms with van der Waals surface area (Å²) < 4.78 is 7.37. The lowest BCUT2D eigenvalue weighted by molar-refractivity contribution is 0.0943. The van der Waals surface area contributed by atoms with Crippen LogP contribution in [-0.2, 0) is 0 Å². The molecule has 0 aliphatic heterocycles. The van der Waals surface area contributed by atoms with Gasteiger partial charge in [-0.15, -0.1) is 5.10 Å². The molecule has 4 rings (SSSR count). The number of furan rings is 1. The van der Waals surface area contributed by atoms with Gasteiger partial charge in [0.05, 0.1) is 6.26 Å². The molecule has 3 heterocycles. The number of aromatic nitrogens is 4. The Balaban J connectivity index is 1.87. The van der Waals surface area contributed by atoms with E-state index in [0.29, 0.717) is 26.4 Å². The molecule has 0 bridgehead atoms. The van der Waals surface area contributed by atoms with Crippen molar-refractivity contribution in [3.63, 3.8) is 0 Å². The Labute approximate surface area is 138 Å². The van der Waals surface area contributed by atoms with Crippen molar-refractivity contribution in [1.29, 1.82) is 0 Å². The van der Waals surface area contributed by atoms with E-state index in [-0.39, 0.29) is 17.8 Å². The monoisotopic (exact) mass is 410 g/mol. The summed E-state index contributed by atoms with van der Waals surface area (Å²) >= 11 is 2.01. The Morgan fingerprint density at radius 1 is 1.45 bits per heavy atom. The van der Waals surface area contributed by atoms with Gasteiger partial charge in [0, 0.05) is 40.8 Å². The van der Waals surface area contributed by atoms with Gasteiger partial charge in [-0.2, -0.15) is 4.98 Å². The lowest BCUT2D eigenvalue weighted by Gasteiger charge is -2.07. The maximum absolute atomic E-state index is 12.4. The third kappa shape index (κ3) is 2.30. The van der Waals surface area contributed by atoms with Crippen LogP contribution in [0.4, 0.5) is 5.82 Å². The highest BCUT2D eigenvalue weighted by atomic mass is 127. The van der Waals surface area contributed by atoms with Gasteiger partial charge in [0.25, 0.3) is 5.91 Å². The zero-order valence-corrected chi connectivity index (χ0v) is 13.4. The number of nitrogens with one attached hydrogen (secondary N) is 1. The fourth-order valence-corrected chi connectivity index (χ4v) is 2.66. The van der Waals surface area contributed by atoms with E-state index in [2.05, 4.69) is 20.4 Å². The van der Waals surface area contributed by atoms with Crippen LogP contribution in [0.5, 0.6) is 0 Å². The van der Waals surface area contributed by atoms with Gasteiger partial charge in [-0.1, -0.05) is 0 Å². The summed E-state index contributed by atoms with van der Waals surface area (Å²) in [6, 6.07) is 3.51. The summed E-state index contributed by atoms with van der Waals surface area (Å²) in [6.45, 7) is 0. The lowest BCUT2D eigenvalue weighted by atomic mass is 10.3. The summed E-state index contributed by atoms with van der Waals surface area (Å²) in [5, 5.41) is 7.10. The van der Waals surface area contributed by atoms with Crippen molar-refractivity contribution in [2.24, 2.45) is 0 Å². The lowest BCUT2D eigenvalue weighted by Crippen LogP contribution is -2.28. The molecule has 3 aromatic rings. The first-order valence-corrected chi connectivity index (χ1v) is 7.77. The normalized spacial score (nSPS) is 14.4. The van der Waals surface area contributed by atoms with Crippen molar-refractivity contribution in [2.45, 2.75) is 18.9 Å². The van der Waals surface area contributed by atoms with E-state index in [0.717, 1.165) is 12.8 Å². The number of halogens is 1. The number of rotatable bonds is 3. The van der Waals surface area contributed by atoms with Crippen LogP contribution in [0.3, 0.4) is 0 Å². The van der Waals surface area contributed by atoms with E-state index in [9.17, 15) is 4.79 Å². The van der Waals surface area contributed by atoms with Crippen LogP contribution in [0, 0.1) is 3.83 Å². The molecule has 3 aromatic heterocycles. The molecular weight excluding hydrogens is 399 g/mol. The number of nitrogen functional groups attached to an aromatic ring is 1. The SMILES string of the molecule is Nc1cc(C(=O)NC2CC2)n(-c2nc(I)nc3ccoc23)n1. The summed E-state index contributed by atoms with van der Waals surface area (Å²) in [5.41, 5.74) is 7.21. The van der Waals surface area contributed by atoms with Crippen molar-refractivity contribution in [1.82, 2.24) is 25.1 Å². The van der Waals surface area contributed by atoms with Crippen LogP contribution in [-0.4, -0.2) is 31.7 Å². The van der Waals surface area contributed by atoms with Crippen molar-refractivity contribution in [2.75, 3.05) is 5.73 Å². The molecule has 1 aliphatic rings. The fraction of sp³-hybridized carbons (Fsp3) is 0.231. The first-order chi connectivity index (χ1) is 10.6. The number of nitrogens with two attached hydrogens (primary N) is 1. The molecule has 1 saturated carbocycles. The molecule has 9 heteroatoms. The minimum absolute atomic E-state index is 0.222. The summed E-state index contributed by atoms with van der Waals surface area (Å²) in [5.74, 6) is 0.423. The number of hydrogen-bond acceptors (Lipinski definition) is 6. The number of anilines is 1. The average molecular weight is 410 g/mol. The Morgan fingerprint density at radius 2 is 2.27 bits per heavy atom. The zero-order chi connectivity index (χ0) is 15.3. The van der Waals surface area contributed by atoms with E-state index < -0.39 is 0 Å². The molecule has 0 saturated heterocycles. The first kappa shape index (κ1) is 13.5. The largest absolute Gasteiger partial charge is 0.459 e. The van der Waals surface area contributed by atoms with Gasteiger partial charge in [-0.3, -0.25) is 4.79 Å². The second kappa shape index (κ2) is 4.93. The number of amides is 1. The average Bonchev–Trinajstić information content (AvgIpc) is 3.01. The number of carbonyl (C=O) groups is 1. The van der Waals surface area contributed by atoms with Crippen molar-refractivity contribution < 1.29 is 9.21 Å². The quantitative estimate of drug-likeness (QED) is 0.500. The van der Waals surface area contributed by atoms with E-state index in [1.54, 1.807) is 6.07 Å². The molecule has 0 atom stereocenters. The fourth-order valence-electron chi connectivity index (χ4n) is 2.17. The summed E-state index contributed by atoms with van der Waals surface area (Å²) in [7, 11) is 0. The summed E-state index contributed by atoms with van der Waals surface area (Å²) in [4.78, 5) is 21.0. The van der Waals surface area contributed by atoms with Crippen LogP contribution >= 0.6 is 22.6 Å². The van der Waals surface area contributed by atoms with Gasteiger partial charge in [-0.05, 0) is 12.8 Å². The van der Waals surface area contributed by atoms with E-state index in [1.807, 2.05) is 22.6 Å². The number of fused-ring (bicyclic) bond motifs is 1. The standard InChI is InChI=1S/C13H11IN6O2/c14-13-17-7-3-4-22-10(7)11(18-13)20-8(5-9(15)19-20)12(21)16-6-1-2-6/h3-6H,1-2H2,(H2,15,19)(H,16,21). The van der Waals surface area contributed by atoms with E-state index in [4.69, 9.17) is 10.2 Å². The van der Waals surface area contributed by atoms with Crippen LogP contribution < -0.4 is 11.1 Å². The van der Waals surface area contributed by atoms with Gasteiger partial charge < -0.3 is 15.5 Å². The van der Waals surface area contributed by atoms with Crippen molar-refractivity contribution in [3.05, 3.63) is 27.9 Å². The number of carbonyl (C=O) groups excluding carboxylic acids is 1. The van der Waals surface area contributed by atoms with Crippen molar-refractivity contribution >= 4 is 45.4 Å². The van der Waals surface area contributed by atoms with E-state index in [1.165, 1.54) is 17.0 Å². The molecule has 112 valence electrons. The smallest absolute Gasteiger partial charge is 0.270 e. The van der Waals surface area contributed by atoms with Crippen LogP contribution in [0.15, 0.2) is 22.8 Å². The Bertz CT molecular complexity index is 882. The molecule has 0 unspecified atom stereocenters. The van der Waals surface area contributed by atoms with Gasteiger partial charge in [0.1, 0.15) is 17.0 Å². The molecular formula is C13H11IN6O2. The number of hydrogen-bond donors (Lipinski definition) is 2. The first-order valence-electron chi connectivity index (χ1n) is 6.69. The molecule has 0 aromatic carbocycles. The summed E-state index contributed by atoms with van der Waals surface area (Å²) in [6.07, 6.45) is 3.53. The molecule has 3 N–H and O–H groups in total. The molecule has 0 radical (unpaired) electrons. The molecule has 22 heavy (non-hydrogen) atoms. The topological polar surface area (TPSA) is 112 Å². The Kier molecular flexibility index (Phi) is 3.03. The predicted molar refractivity (Wildman–Crippen MR) is 86.5 cm³/mol. The van der Waals surface area contributed by atoms with Gasteiger partial charge >= 0.3 is 0 Å². The maximum atomic E-state index is 12.4. The molecule has 0 spiro atoms. The van der Waals surface area contributed by atoms with Gasteiger partial charge in [0.15, 0.2) is 9.41 Å². The predicted octanol–water partition coefficient (Wildman–Crippen LogP) is 1.49. The second-order valence-electron chi connectivity index (χ2n) is 5.07. The van der Waals surface area contributed by atoms with Crippen LogP contribution in [0.25, 0.3) is 16.9 Å². The Morgan fingerprint density at radius 3 is 3.05 bits per heavy atom. The van der Waals surface area contributed by atoms with Crippen LogP contribution in [0.2, 0.25) is 0 Å². The van der Waals surface area contributed by atoms with Gasteiger partial charge in [-0.25, -0.2) is 9.67 Å². The Hall–Kier alpha value is -2.17. The molecule has 1 aliphatic carbocycles. The highest BCUT2D eigenvalue weighted by Crippen LogP contribution is 2.24. The zero-order valence-electron chi connectivity index (χ0n) is 11.3. The highest BCUT2D eigenvalue weighted by Gasteiger charge is 2.27.